The number of hydrogen-bond donors (Lipinski definition) is 4. The molecule has 0 heterocycles. The highest BCUT2D eigenvalue weighted by molar-refractivity contribution is 5.95. The Hall–Kier alpha value is -2.34. The van der Waals surface area contributed by atoms with Crippen molar-refractivity contribution in [2.24, 2.45) is 5.92 Å². The molecule has 6 nitrogen and oxygen atoms in total. The number of anilines is 1. The van der Waals surface area contributed by atoms with Crippen LogP contribution in [0.2, 0.25) is 0 Å². The Morgan fingerprint density at radius 3 is 2.43 bits per heavy atom. The molecule has 3 amide bonds. The summed E-state index contributed by atoms with van der Waals surface area (Å²) in [6.07, 6.45) is 2.30. The summed E-state index contributed by atoms with van der Waals surface area (Å²) in [7, 11) is 0. The summed E-state index contributed by atoms with van der Waals surface area (Å²) in [6, 6.07) is 5.90. The van der Waals surface area contributed by atoms with Crippen molar-refractivity contribution >= 4 is 17.6 Å². The number of amides is 3. The lowest BCUT2D eigenvalue weighted by atomic mass is 10.0. The highest BCUT2D eigenvalue weighted by Crippen LogP contribution is 2.10. The lowest BCUT2D eigenvalue weighted by Gasteiger charge is -2.18. The Kier molecular flexibility index (Phi) is 7.83. The fourth-order valence-electron chi connectivity index (χ4n) is 2.07. The van der Waals surface area contributed by atoms with E-state index in [2.05, 4.69) is 22.5 Å². The quantitative estimate of drug-likeness (QED) is 0.553. The summed E-state index contributed by atoms with van der Waals surface area (Å²) in [6.45, 7) is 7.89. The zero-order valence-corrected chi connectivity index (χ0v) is 13.6. The standard InChI is InChI=1S/C17H25N3O3/c1-4-9-18-16(22)13-5-7-14(8-6-13)19-17(23)20-15(11-21)10-12(2)3/h4-8,12,15,21H,1,9-11H2,2-3H3,(H,18,22)(H2,19,20,23). The first-order valence-corrected chi connectivity index (χ1v) is 7.63. The van der Waals surface area contributed by atoms with Crippen molar-refractivity contribution in [3.63, 3.8) is 0 Å². The van der Waals surface area contributed by atoms with Crippen molar-refractivity contribution < 1.29 is 14.7 Å². The molecule has 4 N–H and O–H groups in total. The Balaban J connectivity index is 2.55. The topological polar surface area (TPSA) is 90.5 Å². The van der Waals surface area contributed by atoms with E-state index in [0.29, 0.717) is 30.1 Å². The van der Waals surface area contributed by atoms with Gasteiger partial charge in [-0.05, 0) is 36.6 Å². The van der Waals surface area contributed by atoms with E-state index in [1.54, 1.807) is 30.3 Å². The average molecular weight is 319 g/mol. The molecule has 0 saturated heterocycles. The third kappa shape index (κ3) is 6.97. The zero-order valence-electron chi connectivity index (χ0n) is 13.6. The van der Waals surface area contributed by atoms with Crippen LogP contribution in [0, 0.1) is 5.92 Å². The van der Waals surface area contributed by atoms with Crippen LogP contribution in [-0.2, 0) is 0 Å². The number of benzene rings is 1. The number of hydrogen-bond acceptors (Lipinski definition) is 3. The number of rotatable bonds is 8. The number of carbonyl (C=O) groups is 2. The summed E-state index contributed by atoms with van der Waals surface area (Å²) in [5, 5.41) is 17.3. The van der Waals surface area contributed by atoms with E-state index in [4.69, 9.17) is 0 Å². The summed E-state index contributed by atoms with van der Waals surface area (Å²) < 4.78 is 0. The van der Waals surface area contributed by atoms with Crippen LogP contribution < -0.4 is 16.0 Å². The van der Waals surface area contributed by atoms with Crippen LogP contribution in [0.3, 0.4) is 0 Å². The first kappa shape index (κ1) is 18.7. The maximum absolute atomic E-state index is 11.9. The molecule has 1 rings (SSSR count). The van der Waals surface area contributed by atoms with Gasteiger partial charge in [0.2, 0.25) is 0 Å². The molecule has 126 valence electrons. The lowest BCUT2D eigenvalue weighted by molar-refractivity contribution is 0.0958. The van der Waals surface area contributed by atoms with Gasteiger partial charge in [-0.15, -0.1) is 6.58 Å². The second kappa shape index (κ2) is 9.63. The monoisotopic (exact) mass is 319 g/mol. The van der Waals surface area contributed by atoms with Gasteiger partial charge in [0.05, 0.1) is 12.6 Å². The van der Waals surface area contributed by atoms with Crippen molar-refractivity contribution in [2.45, 2.75) is 26.3 Å². The predicted molar refractivity (Wildman–Crippen MR) is 91.5 cm³/mol. The molecule has 1 unspecified atom stereocenters. The van der Waals surface area contributed by atoms with Gasteiger partial charge in [0.25, 0.3) is 5.91 Å². The molecule has 0 aliphatic rings. The smallest absolute Gasteiger partial charge is 0.319 e. The van der Waals surface area contributed by atoms with Crippen molar-refractivity contribution in [1.29, 1.82) is 0 Å². The molecule has 0 spiro atoms. The summed E-state index contributed by atoms with van der Waals surface area (Å²) in [5.41, 5.74) is 1.08. The minimum Gasteiger partial charge on any atom is -0.394 e. The number of carbonyl (C=O) groups excluding carboxylic acids is 2. The molecule has 0 aliphatic carbocycles. The molecule has 1 aromatic carbocycles. The van der Waals surface area contributed by atoms with E-state index in [1.807, 2.05) is 13.8 Å². The van der Waals surface area contributed by atoms with Gasteiger partial charge in [0, 0.05) is 17.8 Å². The minimum absolute atomic E-state index is 0.103. The summed E-state index contributed by atoms with van der Waals surface area (Å²) >= 11 is 0. The minimum atomic E-state index is -0.381. The number of aliphatic hydroxyl groups excluding tert-OH is 1. The second-order valence-corrected chi connectivity index (χ2v) is 5.68. The second-order valence-electron chi connectivity index (χ2n) is 5.68. The fourth-order valence-corrected chi connectivity index (χ4v) is 2.07. The van der Waals surface area contributed by atoms with E-state index in [0.717, 1.165) is 0 Å². The Morgan fingerprint density at radius 2 is 1.91 bits per heavy atom. The molecule has 1 aromatic rings. The number of aliphatic hydroxyl groups is 1. The Morgan fingerprint density at radius 1 is 1.26 bits per heavy atom. The molecule has 23 heavy (non-hydrogen) atoms. The Labute approximate surface area is 137 Å². The lowest BCUT2D eigenvalue weighted by Crippen LogP contribution is -2.40. The average Bonchev–Trinajstić information content (AvgIpc) is 2.52. The van der Waals surface area contributed by atoms with E-state index in [9.17, 15) is 14.7 Å². The molecular weight excluding hydrogens is 294 g/mol. The van der Waals surface area contributed by atoms with Gasteiger partial charge in [0.1, 0.15) is 0 Å². The van der Waals surface area contributed by atoms with Crippen molar-refractivity contribution in [1.82, 2.24) is 10.6 Å². The van der Waals surface area contributed by atoms with Crippen molar-refractivity contribution in [2.75, 3.05) is 18.5 Å². The maximum atomic E-state index is 11.9. The van der Waals surface area contributed by atoms with Crippen LogP contribution in [0.1, 0.15) is 30.6 Å². The molecule has 0 aromatic heterocycles. The largest absolute Gasteiger partial charge is 0.394 e. The third-order valence-electron chi connectivity index (χ3n) is 3.12. The van der Waals surface area contributed by atoms with E-state index in [1.165, 1.54) is 0 Å². The van der Waals surface area contributed by atoms with Crippen LogP contribution >= 0.6 is 0 Å². The van der Waals surface area contributed by atoms with Gasteiger partial charge < -0.3 is 21.1 Å². The van der Waals surface area contributed by atoms with Crippen LogP contribution in [0.15, 0.2) is 36.9 Å². The number of urea groups is 1. The van der Waals surface area contributed by atoms with Gasteiger partial charge in [-0.1, -0.05) is 19.9 Å². The normalized spacial score (nSPS) is 11.7. The summed E-state index contributed by atoms with van der Waals surface area (Å²) in [4.78, 5) is 23.6. The predicted octanol–water partition coefficient (Wildman–Crippen LogP) is 2.13. The molecule has 0 radical (unpaired) electrons. The fraction of sp³-hybridized carbons (Fsp3) is 0.412. The maximum Gasteiger partial charge on any atom is 0.319 e. The highest BCUT2D eigenvalue weighted by atomic mass is 16.3. The molecule has 1 atom stereocenters. The summed E-state index contributed by atoms with van der Waals surface area (Å²) in [5.74, 6) is 0.180. The molecule has 0 saturated carbocycles. The van der Waals surface area contributed by atoms with Gasteiger partial charge in [-0.3, -0.25) is 4.79 Å². The van der Waals surface area contributed by atoms with Crippen LogP contribution in [-0.4, -0.2) is 36.2 Å². The van der Waals surface area contributed by atoms with Crippen molar-refractivity contribution in [3.8, 4) is 0 Å². The SMILES string of the molecule is C=CCNC(=O)c1ccc(NC(=O)NC(CO)CC(C)C)cc1. The van der Waals surface area contributed by atoms with Gasteiger partial charge in [-0.25, -0.2) is 4.79 Å². The Bertz CT molecular complexity index is 526. The third-order valence-corrected chi connectivity index (χ3v) is 3.12. The van der Waals surface area contributed by atoms with Crippen LogP contribution in [0.25, 0.3) is 0 Å². The first-order valence-electron chi connectivity index (χ1n) is 7.63. The van der Waals surface area contributed by atoms with Gasteiger partial charge >= 0.3 is 6.03 Å². The van der Waals surface area contributed by atoms with E-state index < -0.39 is 0 Å². The van der Waals surface area contributed by atoms with Gasteiger partial charge in [-0.2, -0.15) is 0 Å². The zero-order chi connectivity index (χ0) is 17.2. The highest BCUT2D eigenvalue weighted by Gasteiger charge is 2.13. The van der Waals surface area contributed by atoms with Crippen LogP contribution in [0.5, 0.6) is 0 Å². The molecule has 0 fully saturated rings. The first-order chi connectivity index (χ1) is 11.0. The van der Waals surface area contributed by atoms with E-state index >= 15 is 0 Å². The van der Waals surface area contributed by atoms with E-state index in [-0.39, 0.29) is 24.6 Å². The molecule has 6 heteroatoms. The van der Waals surface area contributed by atoms with Gasteiger partial charge in [0.15, 0.2) is 0 Å². The van der Waals surface area contributed by atoms with Crippen molar-refractivity contribution in [3.05, 3.63) is 42.5 Å². The molecule has 0 bridgehead atoms. The molecular formula is C17H25N3O3. The number of nitrogens with one attached hydrogen (secondary N) is 3. The van der Waals surface area contributed by atoms with Crippen LogP contribution in [0.4, 0.5) is 10.5 Å². The molecule has 0 aliphatic heterocycles.